The van der Waals surface area contributed by atoms with Crippen molar-refractivity contribution in [1.82, 2.24) is 34.1 Å². The Bertz CT molecular complexity index is 1680. The molecule has 3 N–H and O–H groups in total. The zero-order valence-electron chi connectivity index (χ0n) is 20.3. The van der Waals surface area contributed by atoms with Crippen molar-refractivity contribution < 1.29 is 9.53 Å². The second-order valence-corrected chi connectivity index (χ2v) is 8.78. The molecule has 0 radical (unpaired) electrons. The lowest BCUT2D eigenvalue weighted by atomic mass is 9.89. The van der Waals surface area contributed by atoms with Gasteiger partial charge in [-0.1, -0.05) is 6.07 Å². The lowest BCUT2D eigenvalue weighted by Gasteiger charge is -2.35. The number of methoxy groups -OCH3 is 1. The van der Waals surface area contributed by atoms with Crippen molar-refractivity contribution in [1.29, 1.82) is 0 Å². The van der Waals surface area contributed by atoms with Crippen LogP contribution >= 0.6 is 0 Å². The van der Waals surface area contributed by atoms with E-state index in [-0.39, 0.29) is 23.6 Å². The van der Waals surface area contributed by atoms with Crippen LogP contribution in [-0.2, 0) is 4.74 Å². The molecule has 12 heteroatoms. The van der Waals surface area contributed by atoms with Gasteiger partial charge in [0.05, 0.1) is 35.7 Å². The number of anilines is 3. The normalized spacial score (nSPS) is 17.0. The number of aromatic nitrogens is 6. The maximum atomic E-state index is 13.4. The smallest absolute Gasteiger partial charge is 0.278 e. The first kappa shape index (κ1) is 22.7. The van der Waals surface area contributed by atoms with E-state index in [1.165, 1.54) is 10.8 Å². The summed E-state index contributed by atoms with van der Waals surface area (Å²) < 4.78 is 10.2. The molecule has 0 aliphatic heterocycles. The Morgan fingerprint density at radius 2 is 2.00 bits per heavy atom. The first-order valence-electron chi connectivity index (χ1n) is 11.9. The van der Waals surface area contributed by atoms with Gasteiger partial charge in [-0.05, 0) is 37.1 Å². The third-order valence-electron chi connectivity index (χ3n) is 6.68. The molecule has 5 heterocycles. The number of carbonyl (C=O) groups is 1. The molecule has 1 fully saturated rings. The summed E-state index contributed by atoms with van der Waals surface area (Å²) in [4.78, 5) is 31.1. The molecule has 1 aliphatic carbocycles. The summed E-state index contributed by atoms with van der Waals surface area (Å²) in [5.74, 6) is 0.715. The number of fused-ring (bicyclic) bond motifs is 2. The summed E-state index contributed by atoms with van der Waals surface area (Å²) in [6.45, 7) is 0. The van der Waals surface area contributed by atoms with Crippen LogP contribution in [0.3, 0.4) is 0 Å². The number of carbonyl (C=O) groups excluding carboxylic acids is 1. The van der Waals surface area contributed by atoms with Crippen LogP contribution in [0.25, 0.3) is 16.9 Å². The molecule has 0 unspecified atom stereocenters. The molecule has 0 aromatic carbocycles. The fourth-order valence-corrected chi connectivity index (χ4v) is 4.55. The summed E-state index contributed by atoms with van der Waals surface area (Å²) >= 11 is 0. The zero-order valence-corrected chi connectivity index (χ0v) is 20.3. The molecule has 6 rings (SSSR count). The highest BCUT2D eigenvalue weighted by atomic mass is 16.5. The first-order valence-corrected chi connectivity index (χ1v) is 11.9. The number of pyridine rings is 2. The molecule has 12 nitrogen and oxygen atoms in total. The van der Waals surface area contributed by atoms with Gasteiger partial charge < -0.3 is 20.7 Å². The van der Waals surface area contributed by atoms with Gasteiger partial charge in [-0.3, -0.25) is 14.2 Å². The quantitative estimate of drug-likeness (QED) is 0.311. The average molecular weight is 500 g/mol. The number of nitrogens with zero attached hydrogens (tertiary/aromatic N) is 6. The summed E-state index contributed by atoms with van der Waals surface area (Å²) in [5.41, 5.74) is 2.21. The third-order valence-corrected chi connectivity index (χ3v) is 6.68. The van der Waals surface area contributed by atoms with Gasteiger partial charge in [-0.15, -0.1) is 0 Å². The van der Waals surface area contributed by atoms with Crippen molar-refractivity contribution in [2.45, 2.75) is 25.0 Å². The minimum Gasteiger partial charge on any atom is -0.379 e. The molecular formula is C25H25N9O3. The number of amides is 1. The number of hydrogen-bond acceptors (Lipinski definition) is 8. The zero-order chi connectivity index (χ0) is 25.5. The maximum Gasteiger partial charge on any atom is 0.278 e. The SMILES string of the molecule is CNc1cc(Nc2cccn(-c3cnn4ccccc34)c2=O)nc2c(C(=O)N[C@@H]3CC[C@H]3OC)cnn12. The molecule has 0 bridgehead atoms. The van der Waals surface area contributed by atoms with E-state index in [4.69, 9.17) is 4.74 Å². The molecule has 0 spiro atoms. The topological polar surface area (TPSA) is 132 Å². The highest BCUT2D eigenvalue weighted by Gasteiger charge is 2.33. The molecule has 1 aliphatic rings. The van der Waals surface area contributed by atoms with Crippen LogP contribution in [0, 0.1) is 0 Å². The van der Waals surface area contributed by atoms with E-state index in [2.05, 4.69) is 31.1 Å². The molecule has 5 aromatic heterocycles. The fraction of sp³-hybridized carbons (Fsp3) is 0.240. The van der Waals surface area contributed by atoms with E-state index >= 15 is 0 Å². The number of rotatable bonds is 7. The van der Waals surface area contributed by atoms with Crippen molar-refractivity contribution in [3.8, 4) is 5.69 Å². The predicted molar refractivity (Wildman–Crippen MR) is 138 cm³/mol. The molecule has 5 aromatic rings. The number of nitrogens with one attached hydrogen (secondary N) is 3. The largest absolute Gasteiger partial charge is 0.379 e. The van der Waals surface area contributed by atoms with E-state index in [0.29, 0.717) is 34.2 Å². The van der Waals surface area contributed by atoms with E-state index in [0.717, 1.165) is 18.4 Å². The Hall–Kier alpha value is -4.71. The fourth-order valence-electron chi connectivity index (χ4n) is 4.55. The molecule has 0 saturated heterocycles. The molecule has 2 atom stereocenters. The standard InChI is InChI=1S/C25H25N9O3/c1-26-22-12-21(31-23-15(13-28-34(22)23)24(35)30-16-8-9-20(16)37-2)29-17-6-5-10-32(25(17)36)19-14-27-33-11-4-3-7-18(19)33/h3-7,10-14,16,20,26H,8-9H2,1-2H3,(H,29,31)(H,30,35)/t16-,20-/m1/s1. The van der Waals surface area contributed by atoms with Crippen LogP contribution < -0.4 is 21.5 Å². The van der Waals surface area contributed by atoms with Gasteiger partial charge in [0.2, 0.25) is 0 Å². The van der Waals surface area contributed by atoms with Gasteiger partial charge in [-0.25, -0.2) is 9.50 Å². The lowest BCUT2D eigenvalue weighted by molar-refractivity contribution is 0.00732. The van der Waals surface area contributed by atoms with Gasteiger partial charge >= 0.3 is 0 Å². The lowest BCUT2D eigenvalue weighted by Crippen LogP contribution is -2.51. The van der Waals surface area contributed by atoms with Gasteiger partial charge in [0.1, 0.15) is 22.9 Å². The van der Waals surface area contributed by atoms with Crippen LogP contribution in [0.2, 0.25) is 0 Å². The van der Waals surface area contributed by atoms with E-state index in [9.17, 15) is 9.59 Å². The van der Waals surface area contributed by atoms with Crippen molar-refractivity contribution >= 4 is 34.4 Å². The van der Waals surface area contributed by atoms with Crippen molar-refractivity contribution in [3.63, 3.8) is 0 Å². The van der Waals surface area contributed by atoms with E-state index < -0.39 is 0 Å². The number of ether oxygens (including phenoxy) is 1. The Morgan fingerprint density at radius 3 is 2.78 bits per heavy atom. The third kappa shape index (κ3) is 3.87. The molecule has 188 valence electrons. The average Bonchev–Trinajstić information content (AvgIpc) is 3.52. The molecular weight excluding hydrogens is 474 g/mol. The van der Waals surface area contributed by atoms with Crippen LogP contribution in [0.15, 0.2) is 66.0 Å². The van der Waals surface area contributed by atoms with Gasteiger partial charge in [0, 0.05) is 32.6 Å². The summed E-state index contributed by atoms with van der Waals surface area (Å²) in [5, 5.41) is 17.9. The van der Waals surface area contributed by atoms with Gasteiger partial charge in [0.15, 0.2) is 5.65 Å². The van der Waals surface area contributed by atoms with Crippen LogP contribution in [0.1, 0.15) is 23.2 Å². The Morgan fingerprint density at radius 1 is 1.11 bits per heavy atom. The van der Waals surface area contributed by atoms with E-state index in [1.807, 2.05) is 24.4 Å². The Balaban J connectivity index is 1.35. The summed E-state index contributed by atoms with van der Waals surface area (Å²) in [6.07, 6.45) is 8.44. The molecule has 1 amide bonds. The molecule has 37 heavy (non-hydrogen) atoms. The molecule has 1 saturated carbocycles. The predicted octanol–water partition coefficient (Wildman–Crippen LogP) is 2.22. The van der Waals surface area contributed by atoms with Crippen molar-refractivity contribution in [2.75, 3.05) is 24.8 Å². The van der Waals surface area contributed by atoms with Gasteiger partial charge in [-0.2, -0.15) is 14.7 Å². The Labute approximate surface area is 210 Å². The highest BCUT2D eigenvalue weighted by Crippen LogP contribution is 2.25. The van der Waals surface area contributed by atoms with Gasteiger partial charge in [0.25, 0.3) is 11.5 Å². The van der Waals surface area contributed by atoms with Crippen LogP contribution in [0.5, 0.6) is 0 Å². The second kappa shape index (κ2) is 9.06. The summed E-state index contributed by atoms with van der Waals surface area (Å²) in [7, 11) is 3.39. The number of hydrogen-bond donors (Lipinski definition) is 3. The monoisotopic (exact) mass is 499 g/mol. The van der Waals surface area contributed by atoms with E-state index in [1.54, 1.807) is 53.8 Å². The minimum atomic E-state index is -0.274. The first-order chi connectivity index (χ1) is 18.1. The second-order valence-electron chi connectivity index (χ2n) is 8.78. The minimum absolute atomic E-state index is 0.0113. The van der Waals surface area contributed by atoms with Crippen LogP contribution in [0.4, 0.5) is 17.3 Å². The summed E-state index contributed by atoms with van der Waals surface area (Å²) in [6, 6.07) is 10.8. The van der Waals surface area contributed by atoms with Crippen molar-refractivity contribution in [2.24, 2.45) is 0 Å². The van der Waals surface area contributed by atoms with Crippen LogP contribution in [-0.4, -0.2) is 61.0 Å². The maximum absolute atomic E-state index is 13.4. The Kier molecular flexibility index (Phi) is 5.57. The van der Waals surface area contributed by atoms with Crippen molar-refractivity contribution in [3.05, 3.63) is 77.1 Å². The highest BCUT2D eigenvalue weighted by molar-refractivity contribution is 6.00.